The van der Waals surface area contributed by atoms with Crippen molar-refractivity contribution in [3.05, 3.63) is 18.0 Å². The highest BCUT2D eigenvalue weighted by atomic mass is 16.3. The summed E-state index contributed by atoms with van der Waals surface area (Å²) in [5, 5.41) is 13.5. The number of hydrogen-bond acceptors (Lipinski definition) is 5. The molecule has 1 amide bonds. The van der Waals surface area contributed by atoms with Crippen LogP contribution in [0, 0.1) is 12.8 Å². The summed E-state index contributed by atoms with van der Waals surface area (Å²) < 4.78 is 1.73. The first-order valence-corrected chi connectivity index (χ1v) is 9.87. The third-order valence-corrected chi connectivity index (χ3v) is 5.85. The van der Waals surface area contributed by atoms with E-state index >= 15 is 0 Å². The summed E-state index contributed by atoms with van der Waals surface area (Å²) in [6, 6.07) is 0.534. The normalized spacial score (nSPS) is 25.6. The predicted molar refractivity (Wildman–Crippen MR) is 101 cm³/mol. The van der Waals surface area contributed by atoms with Gasteiger partial charge in [-0.25, -0.2) is 0 Å². The van der Waals surface area contributed by atoms with Crippen LogP contribution in [-0.4, -0.2) is 94.5 Å². The van der Waals surface area contributed by atoms with Gasteiger partial charge >= 0.3 is 0 Å². The molecule has 2 aliphatic heterocycles. The Morgan fingerprint density at radius 2 is 2.04 bits per heavy atom. The summed E-state index contributed by atoms with van der Waals surface area (Å²) in [5.74, 6) is 0.599. The van der Waals surface area contributed by atoms with Gasteiger partial charge in [-0.05, 0) is 44.7 Å². The molecule has 1 aromatic rings. The number of carbonyl (C=O) groups is 1. The van der Waals surface area contributed by atoms with Crippen LogP contribution in [0.5, 0.6) is 0 Å². The van der Waals surface area contributed by atoms with Gasteiger partial charge in [0.05, 0.1) is 6.20 Å². The summed E-state index contributed by atoms with van der Waals surface area (Å²) in [6.07, 6.45) is 6.53. The van der Waals surface area contributed by atoms with Crippen molar-refractivity contribution in [2.75, 3.05) is 52.9 Å². The van der Waals surface area contributed by atoms with E-state index in [-0.39, 0.29) is 12.5 Å². The van der Waals surface area contributed by atoms with Crippen LogP contribution < -0.4 is 0 Å². The molecule has 26 heavy (non-hydrogen) atoms. The number of amides is 1. The third kappa shape index (κ3) is 4.84. The molecule has 0 saturated carbocycles. The second-order valence-corrected chi connectivity index (χ2v) is 7.88. The molecule has 1 N–H and O–H groups in total. The zero-order valence-corrected chi connectivity index (χ0v) is 16.2. The molecule has 0 aromatic carbocycles. The maximum atomic E-state index is 12.7. The molecule has 0 bridgehead atoms. The van der Waals surface area contributed by atoms with Crippen LogP contribution in [0.15, 0.2) is 12.4 Å². The quantitative estimate of drug-likeness (QED) is 0.794. The number of likely N-dealkylation sites (tertiary alicyclic amines) is 1. The number of nitrogens with zero attached hydrogens (tertiary/aromatic N) is 5. The SMILES string of the molecule is Cc1cnn(CC(=O)N2CC[C@H](N3CCN(C)CC3)[C@H](CCCO)C2)c1. The Labute approximate surface area is 156 Å². The van der Waals surface area contributed by atoms with E-state index in [0.29, 0.717) is 18.5 Å². The number of carbonyl (C=O) groups excluding carboxylic acids is 1. The lowest BCUT2D eigenvalue weighted by Gasteiger charge is -2.46. The van der Waals surface area contributed by atoms with Crippen LogP contribution in [0.3, 0.4) is 0 Å². The Balaban J connectivity index is 1.60. The lowest BCUT2D eigenvalue weighted by Crippen LogP contribution is -2.57. The zero-order valence-electron chi connectivity index (χ0n) is 16.2. The van der Waals surface area contributed by atoms with E-state index in [2.05, 4.69) is 21.9 Å². The molecule has 146 valence electrons. The standard InChI is InChI=1S/C19H33N5O2/c1-16-12-20-24(13-16)15-19(26)23-6-5-18(17(14-23)4-3-11-25)22-9-7-21(2)8-10-22/h12-13,17-18,25H,3-11,14-15H2,1-2H3/t17-,18+/m1/s1. The number of hydrogen-bond donors (Lipinski definition) is 1. The minimum absolute atomic E-state index is 0.152. The second kappa shape index (κ2) is 8.97. The summed E-state index contributed by atoms with van der Waals surface area (Å²) in [7, 11) is 2.18. The van der Waals surface area contributed by atoms with Gasteiger partial charge < -0.3 is 14.9 Å². The molecule has 2 aliphatic rings. The predicted octanol–water partition coefficient (Wildman–Crippen LogP) is 0.429. The third-order valence-electron chi connectivity index (χ3n) is 5.85. The largest absolute Gasteiger partial charge is 0.396 e. The van der Waals surface area contributed by atoms with E-state index in [0.717, 1.165) is 64.1 Å². The average molecular weight is 364 g/mol. The average Bonchev–Trinajstić information content (AvgIpc) is 3.05. The minimum Gasteiger partial charge on any atom is -0.396 e. The van der Waals surface area contributed by atoms with Crippen molar-refractivity contribution < 1.29 is 9.90 Å². The first-order valence-electron chi connectivity index (χ1n) is 9.87. The maximum absolute atomic E-state index is 12.7. The van der Waals surface area contributed by atoms with Gasteiger partial charge in [0.25, 0.3) is 0 Å². The Bertz CT molecular complexity index is 582. The van der Waals surface area contributed by atoms with Gasteiger partial charge in [-0.3, -0.25) is 14.4 Å². The van der Waals surface area contributed by atoms with E-state index < -0.39 is 0 Å². The topological polar surface area (TPSA) is 64.8 Å². The van der Waals surface area contributed by atoms with Gasteiger partial charge in [-0.2, -0.15) is 5.10 Å². The van der Waals surface area contributed by atoms with Gasteiger partial charge in [0.15, 0.2) is 0 Å². The molecule has 2 saturated heterocycles. The summed E-state index contributed by atoms with van der Waals surface area (Å²) in [4.78, 5) is 19.7. The van der Waals surface area contributed by atoms with Crippen molar-refractivity contribution in [3.63, 3.8) is 0 Å². The molecular formula is C19H33N5O2. The Kier molecular flexibility index (Phi) is 6.67. The minimum atomic E-state index is 0.152. The maximum Gasteiger partial charge on any atom is 0.244 e. The lowest BCUT2D eigenvalue weighted by atomic mass is 9.86. The number of piperidine rings is 1. The van der Waals surface area contributed by atoms with Crippen LogP contribution in [0.1, 0.15) is 24.8 Å². The number of aliphatic hydroxyl groups excluding tert-OH is 1. The van der Waals surface area contributed by atoms with Crippen molar-refractivity contribution in [2.24, 2.45) is 5.92 Å². The highest BCUT2D eigenvalue weighted by Crippen LogP contribution is 2.27. The monoisotopic (exact) mass is 363 g/mol. The molecule has 7 heteroatoms. The van der Waals surface area contributed by atoms with Crippen molar-refractivity contribution in [3.8, 4) is 0 Å². The molecule has 1 aromatic heterocycles. The lowest BCUT2D eigenvalue weighted by molar-refractivity contribution is -0.135. The smallest absolute Gasteiger partial charge is 0.244 e. The van der Waals surface area contributed by atoms with E-state index in [1.54, 1.807) is 10.9 Å². The highest BCUT2D eigenvalue weighted by molar-refractivity contribution is 5.76. The van der Waals surface area contributed by atoms with Crippen LogP contribution in [-0.2, 0) is 11.3 Å². The zero-order chi connectivity index (χ0) is 18.5. The molecule has 0 unspecified atom stereocenters. The van der Waals surface area contributed by atoms with Crippen molar-refractivity contribution in [1.29, 1.82) is 0 Å². The van der Waals surface area contributed by atoms with E-state index in [1.165, 1.54) is 0 Å². The molecule has 0 spiro atoms. The van der Waals surface area contributed by atoms with E-state index in [9.17, 15) is 9.90 Å². The Morgan fingerprint density at radius 1 is 1.27 bits per heavy atom. The van der Waals surface area contributed by atoms with Gasteiger partial charge in [0, 0.05) is 58.1 Å². The molecular weight excluding hydrogens is 330 g/mol. The summed E-state index contributed by atoms with van der Waals surface area (Å²) in [6.45, 7) is 8.61. The van der Waals surface area contributed by atoms with Crippen molar-refractivity contribution in [2.45, 2.75) is 38.8 Å². The molecule has 7 nitrogen and oxygen atoms in total. The molecule has 3 rings (SSSR count). The Hall–Kier alpha value is -1.44. The molecule has 2 atom stereocenters. The van der Waals surface area contributed by atoms with E-state index in [1.807, 2.05) is 18.0 Å². The Morgan fingerprint density at radius 3 is 2.69 bits per heavy atom. The van der Waals surface area contributed by atoms with Gasteiger partial charge in [-0.1, -0.05) is 0 Å². The molecule has 2 fully saturated rings. The van der Waals surface area contributed by atoms with Crippen LogP contribution in [0.25, 0.3) is 0 Å². The fourth-order valence-corrected chi connectivity index (χ4v) is 4.31. The van der Waals surface area contributed by atoms with Crippen LogP contribution >= 0.6 is 0 Å². The van der Waals surface area contributed by atoms with Crippen LogP contribution in [0.4, 0.5) is 0 Å². The molecule has 3 heterocycles. The van der Waals surface area contributed by atoms with Gasteiger partial charge in [0.1, 0.15) is 6.54 Å². The molecule has 0 aliphatic carbocycles. The van der Waals surface area contributed by atoms with Gasteiger partial charge in [-0.15, -0.1) is 0 Å². The van der Waals surface area contributed by atoms with Gasteiger partial charge in [0.2, 0.25) is 5.91 Å². The summed E-state index contributed by atoms with van der Waals surface area (Å²) >= 11 is 0. The second-order valence-electron chi connectivity index (χ2n) is 7.88. The molecule has 0 radical (unpaired) electrons. The fraction of sp³-hybridized carbons (Fsp3) is 0.789. The number of rotatable bonds is 6. The summed E-state index contributed by atoms with van der Waals surface area (Å²) in [5.41, 5.74) is 1.08. The number of likely N-dealkylation sites (N-methyl/N-ethyl adjacent to an activating group) is 1. The number of piperazine rings is 1. The number of aliphatic hydroxyl groups is 1. The van der Waals surface area contributed by atoms with Crippen LogP contribution in [0.2, 0.25) is 0 Å². The first-order chi connectivity index (χ1) is 12.6. The number of aryl methyl sites for hydroxylation is 1. The van der Waals surface area contributed by atoms with Crippen molar-refractivity contribution >= 4 is 5.91 Å². The van der Waals surface area contributed by atoms with Crippen molar-refractivity contribution in [1.82, 2.24) is 24.5 Å². The highest BCUT2D eigenvalue weighted by Gasteiger charge is 2.35. The van der Waals surface area contributed by atoms with E-state index in [4.69, 9.17) is 0 Å². The first kappa shape index (κ1) is 19.3. The fourth-order valence-electron chi connectivity index (χ4n) is 4.31. The number of aromatic nitrogens is 2.